The average molecular weight is 333 g/mol. The topological polar surface area (TPSA) is 102 Å². The van der Waals surface area contributed by atoms with E-state index in [4.69, 9.17) is 5.73 Å². The third-order valence-electron chi connectivity index (χ3n) is 3.20. The molecule has 0 aliphatic carbocycles. The van der Waals surface area contributed by atoms with Gasteiger partial charge in [-0.25, -0.2) is 8.42 Å². The highest BCUT2D eigenvalue weighted by Gasteiger charge is 2.13. The Morgan fingerprint density at radius 3 is 2.52 bits per heavy atom. The number of nitrogens with zero attached hydrogens (tertiary/aromatic N) is 1. The Morgan fingerprint density at radius 1 is 1.13 bits per heavy atom. The molecule has 1 aromatic carbocycles. The van der Waals surface area contributed by atoms with Crippen LogP contribution in [0.2, 0.25) is 0 Å². The molecule has 0 saturated heterocycles. The van der Waals surface area contributed by atoms with Gasteiger partial charge in [0.1, 0.15) is 0 Å². The zero-order valence-electron chi connectivity index (χ0n) is 12.6. The lowest BCUT2D eigenvalue weighted by molar-refractivity contribution is -0.120. The second-order valence-electron chi connectivity index (χ2n) is 5.10. The Balaban J connectivity index is 1.75. The molecule has 0 radical (unpaired) electrons. The monoisotopic (exact) mass is 333 g/mol. The molecule has 0 unspecified atom stereocenters. The number of carbonyl (C=O) groups excluding carboxylic acids is 1. The van der Waals surface area contributed by atoms with Crippen LogP contribution in [0.3, 0.4) is 0 Å². The first kappa shape index (κ1) is 17.0. The maximum atomic E-state index is 12.1. The summed E-state index contributed by atoms with van der Waals surface area (Å²) in [6.45, 7) is 0.305. The third kappa shape index (κ3) is 5.37. The lowest BCUT2D eigenvalue weighted by Gasteiger charge is -2.06. The van der Waals surface area contributed by atoms with Gasteiger partial charge in [-0.05, 0) is 30.7 Å². The molecule has 0 atom stereocenters. The summed E-state index contributed by atoms with van der Waals surface area (Å²) in [6.07, 6.45) is 2.00. The summed E-state index contributed by atoms with van der Waals surface area (Å²) >= 11 is 0. The zero-order valence-corrected chi connectivity index (χ0v) is 13.4. The molecule has 1 amide bonds. The fourth-order valence-electron chi connectivity index (χ4n) is 2.00. The number of nitrogens with one attached hydrogen (secondary N) is 1. The van der Waals surface area contributed by atoms with Gasteiger partial charge in [0.2, 0.25) is 5.91 Å². The van der Waals surface area contributed by atoms with Crippen LogP contribution in [-0.4, -0.2) is 31.6 Å². The van der Waals surface area contributed by atoms with E-state index in [0.29, 0.717) is 29.2 Å². The highest BCUT2D eigenvalue weighted by molar-refractivity contribution is 7.91. The standard InChI is InChI=1S/C16H19N3O3S/c17-13-7-8-14(19-12-13)11-16(20)18-9-4-10-23(21,22)15-5-2-1-3-6-15/h1-3,5-8,12H,4,9-11,17H2,(H,18,20). The van der Waals surface area contributed by atoms with E-state index in [9.17, 15) is 13.2 Å². The number of amides is 1. The normalized spacial score (nSPS) is 11.1. The number of aromatic nitrogens is 1. The summed E-state index contributed by atoms with van der Waals surface area (Å²) < 4.78 is 24.1. The first-order valence-corrected chi connectivity index (χ1v) is 8.87. The van der Waals surface area contributed by atoms with E-state index in [1.165, 1.54) is 6.20 Å². The van der Waals surface area contributed by atoms with Gasteiger partial charge in [0.15, 0.2) is 9.84 Å². The van der Waals surface area contributed by atoms with Gasteiger partial charge in [-0.1, -0.05) is 18.2 Å². The molecule has 6 nitrogen and oxygen atoms in total. The molecular weight excluding hydrogens is 314 g/mol. The molecule has 2 aromatic rings. The van der Waals surface area contributed by atoms with Crippen molar-refractivity contribution in [3.63, 3.8) is 0 Å². The molecule has 7 heteroatoms. The van der Waals surface area contributed by atoms with E-state index in [-0.39, 0.29) is 18.1 Å². The van der Waals surface area contributed by atoms with Crippen LogP contribution in [0.4, 0.5) is 5.69 Å². The molecule has 0 aliphatic rings. The summed E-state index contributed by atoms with van der Waals surface area (Å²) in [6, 6.07) is 11.7. The molecule has 0 bridgehead atoms. The SMILES string of the molecule is Nc1ccc(CC(=O)NCCCS(=O)(=O)c2ccccc2)nc1. The molecule has 0 aliphatic heterocycles. The number of sulfone groups is 1. The van der Waals surface area contributed by atoms with Crippen molar-refractivity contribution in [2.24, 2.45) is 0 Å². The number of carbonyl (C=O) groups is 1. The van der Waals surface area contributed by atoms with E-state index in [1.807, 2.05) is 0 Å². The Kier molecular flexibility index (Phi) is 5.70. The van der Waals surface area contributed by atoms with Gasteiger partial charge in [0.25, 0.3) is 0 Å². The Bertz CT molecular complexity index is 744. The number of hydrogen-bond donors (Lipinski definition) is 2. The molecular formula is C16H19N3O3S. The molecule has 0 fully saturated rings. The Hall–Kier alpha value is -2.41. The summed E-state index contributed by atoms with van der Waals surface area (Å²) in [5, 5.41) is 2.70. The predicted molar refractivity (Wildman–Crippen MR) is 88.5 cm³/mol. The summed E-state index contributed by atoms with van der Waals surface area (Å²) in [4.78, 5) is 16.1. The number of rotatable bonds is 7. The van der Waals surface area contributed by atoms with Crippen molar-refractivity contribution in [3.05, 3.63) is 54.4 Å². The van der Waals surface area contributed by atoms with Gasteiger partial charge in [0, 0.05) is 12.2 Å². The minimum Gasteiger partial charge on any atom is -0.397 e. The first-order valence-electron chi connectivity index (χ1n) is 7.22. The quantitative estimate of drug-likeness (QED) is 0.741. The van der Waals surface area contributed by atoms with Gasteiger partial charge >= 0.3 is 0 Å². The predicted octanol–water partition coefficient (Wildman–Crippen LogP) is 1.19. The first-order chi connectivity index (χ1) is 11.0. The fraction of sp³-hybridized carbons (Fsp3) is 0.250. The van der Waals surface area contributed by atoms with Crippen molar-refractivity contribution in [2.45, 2.75) is 17.7 Å². The van der Waals surface area contributed by atoms with E-state index >= 15 is 0 Å². The zero-order chi connectivity index (χ0) is 16.7. The second kappa shape index (κ2) is 7.73. The lowest BCUT2D eigenvalue weighted by Crippen LogP contribution is -2.27. The van der Waals surface area contributed by atoms with Crippen molar-refractivity contribution < 1.29 is 13.2 Å². The molecule has 0 spiro atoms. The van der Waals surface area contributed by atoms with Crippen molar-refractivity contribution >= 4 is 21.4 Å². The molecule has 122 valence electrons. The number of benzene rings is 1. The second-order valence-corrected chi connectivity index (χ2v) is 7.20. The molecule has 3 N–H and O–H groups in total. The van der Waals surface area contributed by atoms with Crippen LogP contribution in [0.5, 0.6) is 0 Å². The minimum absolute atomic E-state index is 0.00257. The lowest BCUT2D eigenvalue weighted by atomic mass is 10.2. The summed E-state index contributed by atoms with van der Waals surface area (Å²) in [7, 11) is -3.30. The smallest absolute Gasteiger partial charge is 0.226 e. The number of nitrogens with two attached hydrogens (primary N) is 1. The van der Waals surface area contributed by atoms with E-state index in [1.54, 1.807) is 42.5 Å². The number of hydrogen-bond acceptors (Lipinski definition) is 5. The highest BCUT2D eigenvalue weighted by atomic mass is 32.2. The van der Waals surface area contributed by atoms with Gasteiger partial charge in [0.05, 0.1) is 29.0 Å². The number of anilines is 1. The van der Waals surface area contributed by atoms with Crippen molar-refractivity contribution in [3.8, 4) is 0 Å². The van der Waals surface area contributed by atoms with Crippen molar-refractivity contribution in [1.29, 1.82) is 0 Å². The van der Waals surface area contributed by atoms with Crippen LogP contribution in [0.25, 0.3) is 0 Å². The van der Waals surface area contributed by atoms with Crippen LogP contribution < -0.4 is 11.1 Å². The van der Waals surface area contributed by atoms with Gasteiger partial charge < -0.3 is 11.1 Å². The van der Waals surface area contributed by atoms with E-state index in [0.717, 1.165) is 0 Å². The Labute approximate surface area is 135 Å². The molecule has 1 aromatic heterocycles. The van der Waals surface area contributed by atoms with E-state index in [2.05, 4.69) is 10.3 Å². The molecule has 1 heterocycles. The molecule has 2 rings (SSSR count). The summed E-state index contributed by atoms with van der Waals surface area (Å²) in [5.74, 6) is -0.198. The number of nitrogen functional groups attached to an aromatic ring is 1. The van der Waals surface area contributed by atoms with Crippen LogP contribution >= 0.6 is 0 Å². The van der Waals surface area contributed by atoms with E-state index < -0.39 is 9.84 Å². The van der Waals surface area contributed by atoms with Crippen LogP contribution in [0, 0.1) is 0 Å². The largest absolute Gasteiger partial charge is 0.397 e. The van der Waals surface area contributed by atoms with Gasteiger partial charge in [-0.15, -0.1) is 0 Å². The summed E-state index contributed by atoms with van der Waals surface area (Å²) in [5.41, 5.74) is 6.69. The molecule has 23 heavy (non-hydrogen) atoms. The van der Waals surface area contributed by atoms with Crippen molar-refractivity contribution in [1.82, 2.24) is 10.3 Å². The fourth-order valence-corrected chi connectivity index (χ4v) is 3.34. The minimum atomic E-state index is -3.30. The van der Waals surface area contributed by atoms with Crippen LogP contribution in [0.15, 0.2) is 53.6 Å². The van der Waals surface area contributed by atoms with Crippen molar-refractivity contribution in [2.75, 3.05) is 18.0 Å². The number of pyridine rings is 1. The maximum absolute atomic E-state index is 12.1. The highest BCUT2D eigenvalue weighted by Crippen LogP contribution is 2.10. The Morgan fingerprint density at radius 2 is 1.87 bits per heavy atom. The van der Waals surface area contributed by atoms with Gasteiger partial charge in [-0.2, -0.15) is 0 Å². The van der Waals surface area contributed by atoms with Gasteiger partial charge in [-0.3, -0.25) is 9.78 Å². The third-order valence-corrected chi connectivity index (χ3v) is 5.02. The average Bonchev–Trinajstić information content (AvgIpc) is 2.55. The molecule has 0 saturated carbocycles. The van der Waals surface area contributed by atoms with Crippen LogP contribution in [0.1, 0.15) is 12.1 Å². The van der Waals surface area contributed by atoms with Crippen LogP contribution in [-0.2, 0) is 21.1 Å². The maximum Gasteiger partial charge on any atom is 0.226 e.